The lowest BCUT2D eigenvalue weighted by atomic mass is 9.82. The Labute approximate surface area is 264 Å². The third kappa shape index (κ3) is 7.00. The maximum Gasteiger partial charge on any atom is 0.259 e. The molecule has 0 saturated carbocycles. The van der Waals surface area contributed by atoms with Crippen LogP contribution in [0.2, 0.25) is 10.0 Å². The number of benzene rings is 2. The minimum Gasteiger partial charge on any atom is -0.347 e. The van der Waals surface area contributed by atoms with E-state index in [1.165, 1.54) is 7.05 Å². The molecule has 2 saturated heterocycles. The Morgan fingerprint density at radius 2 is 1.41 bits per heavy atom. The first-order chi connectivity index (χ1) is 20.8. The van der Waals surface area contributed by atoms with E-state index in [4.69, 9.17) is 23.2 Å². The van der Waals surface area contributed by atoms with Crippen molar-refractivity contribution in [3.05, 3.63) is 68.5 Å². The van der Waals surface area contributed by atoms with Gasteiger partial charge in [0, 0.05) is 46.7 Å². The number of likely N-dealkylation sites (tertiary alicyclic amines) is 2. The molecule has 2 heterocycles. The molecule has 4 rings (SSSR count). The first-order valence-corrected chi connectivity index (χ1v) is 15.4. The molecule has 2 fully saturated rings. The molecule has 44 heavy (non-hydrogen) atoms. The number of amides is 2. The fourth-order valence-corrected chi connectivity index (χ4v) is 6.72. The highest BCUT2D eigenvalue weighted by molar-refractivity contribution is 6.42. The Morgan fingerprint density at radius 3 is 1.95 bits per heavy atom. The van der Waals surface area contributed by atoms with Gasteiger partial charge in [0.2, 0.25) is 11.7 Å². The van der Waals surface area contributed by atoms with Gasteiger partial charge in [-0.05, 0) is 69.4 Å². The van der Waals surface area contributed by atoms with Crippen molar-refractivity contribution in [1.29, 1.82) is 0 Å². The zero-order valence-corrected chi connectivity index (χ0v) is 26.6. The van der Waals surface area contributed by atoms with Crippen molar-refractivity contribution >= 4 is 35.0 Å². The van der Waals surface area contributed by atoms with Crippen molar-refractivity contribution < 1.29 is 31.5 Å². The zero-order valence-electron chi connectivity index (χ0n) is 25.0. The van der Waals surface area contributed by atoms with Crippen LogP contribution in [0, 0.1) is 29.1 Å². The smallest absolute Gasteiger partial charge is 0.259 e. The molecule has 6 nitrogen and oxygen atoms in total. The molecule has 2 aromatic rings. The molecule has 13 heteroatoms. The first-order valence-electron chi connectivity index (χ1n) is 14.7. The van der Waals surface area contributed by atoms with E-state index in [2.05, 4.69) is 9.80 Å². The van der Waals surface area contributed by atoms with Crippen LogP contribution < -0.4 is 0 Å². The van der Waals surface area contributed by atoms with Crippen molar-refractivity contribution in [3.8, 4) is 0 Å². The van der Waals surface area contributed by atoms with Crippen molar-refractivity contribution in [3.63, 3.8) is 0 Å². The molecule has 2 aliphatic rings. The van der Waals surface area contributed by atoms with Gasteiger partial charge in [-0.15, -0.1) is 0 Å². The molecule has 2 amide bonds. The largest absolute Gasteiger partial charge is 0.347 e. The second-order valence-corrected chi connectivity index (χ2v) is 12.7. The molecule has 242 valence electrons. The summed E-state index contributed by atoms with van der Waals surface area (Å²) in [6.07, 6.45) is 5.10. The Hall–Kier alpha value is -2.47. The van der Waals surface area contributed by atoms with Gasteiger partial charge in [-0.2, -0.15) is 0 Å². The first kappa shape index (κ1) is 34.4. The van der Waals surface area contributed by atoms with Crippen LogP contribution in [0.4, 0.5) is 22.0 Å². The van der Waals surface area contributed by atoms with Gasteiger partial charge in [-0.25, -0.2) is 22.0 Å². The van der Waals surface area contributed by atoms with Crippen LogP contribution in [-0.2, 0) is 4.79 Å². The standard InChI is InChI=1S/C31H37Cl2F5N4O2/c1-39(2)30(44)31(42-12-5-4-6-13-42)10-15-41(16-11-31)14-9-20(19-7-8-21(32)22(33)17-19)18-40(3)29(43)23-24(34)26(36)28(38)27(37)25(23)35/h7-8,17,20H,4-6,9-16,18H2,1-3H3. The van der Waals surface area contributed by atoms with E-state index in [0.717, 1.165) is 37.3 Å². The SMILES string of the molecule is CN(C)C(=O)C1(N2CCCCC2)CCN(CCC(CN(C)C(=O)c2c(F)c(F)c(F)c(F)c2F)c2ccc(Cl)c(Cl)c2)CC1. The van der Waals surface area contributed by atoms with Gasteiger partial charge < -0.3 is 14.7 Å². The van der Waals surface area contributed by atoms with E-state index >= 15 is 0 Å². The van der Waals surface area contributed by atoms with E-state index in [1.54, 1.807) is 37.2 Å². The number of hydrogen-bond acceptors (Lipinski definition) is 4. The summed E-state index contributed by atoms with van der Waals surface area (Å²) >= 11 is 12.4. The molecule has 2 aromatic carbocycles. The normalized spacial score (nSPS) is 18.2. The van der Waals surface area contributed by atoms with Crippen LogP contribution >= 0.6 is 23.2 Å². The molecular formula is C31H37Cl2F5N4O2. The summed E-state index contributed by atoms with van der Waals surface area (Å²) in [5.41, 5.74) is -1.37. The topological polar surface area (TPSA) is 47.1 Å². The van der Waals surface area contributed by atoms with Crippen LogP contribution in [0.25, 0.3) is 0 Å². The molecule has 0 radical (unpaired) electrons. The summed E-state index contributed by atoms with van der Waals surface area (Å²) in [7, 11) is 4.81. The van der Waals surface area contributed by atoms with E-state index in [0.29, 0.717) is 49.5 Å². The van der Waals surface area contributed by atoms with Gasteiger partial charge in [-0.3, -0.25) is 14.5 Å². The third-order valence-corrected chi connectivity index (χ3v) is 9.66. The number of piperidine rings is 2. The zero-order chi connectivity index (χ0) is 32.3. The fraction of sp³-hybridized carbons (Fsp3) is 0.548. The fourth-order valence-electron chi connectivity index (χ4n) is 6.42. The maximum absolute atomic E-state index is 14.4. The molecular weight excluding hydrogens is 626 g/mol. The van der Waals surface area contributed by atoms with Gasteiger partial charge >= 0.3 is 0 Å². The number of rotatable bonds is 9. The molecule has 2 aliphatic heterocycles. The van der Waals surface area contributed by atoms with Gasteiger partial charge in [0.15, 0.2) is 23.3 Å². The average Bonchev–Trinajstić information content (AvgIpc) is 3.02. The summed E-state index contributed by atoms with van der Waals surface area (Å²) < 4.78 is 70.1. The second kappa shape index (κ2) is 14.3. The van der Waals surface area contributed by atoms with E-state index in [-0.39, 0.29) is 17.5 Å². The van der Waals surface area contributed by atoms with Gasteiger partial charge in [0.25, 0.3) is 5.91 Å². The van der Waals surface area contributed by atoms with Crippen molar-refractivity contribution in [2.75, 3.05) is 60.4 Å². The lowest BCUT2D eigenvalue weighted by molar-refractivity contribution is -0.147. The summed E-state index contributed by atoms with van der Waals surface area (Å²) in [4.78, 5) is 33.7. The third-order valence-electron chi connectivity index (χ3n) is 8.92. The molecule has 1 atom stereocenters. The highest BCUT2D eigenvalue weighted by atomic mass is 35.5. The van der Waals surface area contributed by atoms with Crippen LogP contribution in [0.3, 0.4) is 0 Å². The minimum absolute atomic E-state index is 0.0963. The Bertz CT molecular complexity index is 1350. The summed E-state index contributed by atoms with van der Waals surface area (Å²) in [6.45, 7) is 3.60. The lowest BCUT2D eigenvalue weighted by Gasteiger charge is -2.50. The quantitative estimate of drug-likeness (QED) is 0.179. The number of carbonyl (C=O) groups is 2. The van der Waals surface area contributed by atoms with Crippen LogP contribution in [0.1, 0.15) is 60.4 Å². The number of hydrogen-bond donors (Lipinski definition) is 0. The average molecular weight is 664 g/mol. The monoisotopic (exact) mass is 662 g/mol. The Kier molecular flexibility index (Phi) is 11.2. The van der Waals surface area contributed by atoms with Crippen molar-refractivity contribution in [2.24, 2.45) is 0 Å². The highest BCUT2D eigenvalue weighted by Crippen LogP contribution is 2.35. The van der Waals surface area contributed by atoms with Gasteiger partial charge in [-0.1, -0.05) is 35.7 Å². The lowest BCUT2D eigenvalue weighted by Crippen LogP contribution is -2.64. The number of halogens is 7. The van der Waals surface area contributed by atoms with Crippen molar-refractivity contribution in [1.82, 2.24) is 19.6 Å². The van der Waals surface area contributed by atoms with Crippen LogP contribution in [0.5, 0.6) is 0 Å². The summed E-state index contributed by atoms with van der Waals surface area (Å²) in [5, 5.41) is 0.588. The predicted molar refractivity (Wildman–Crippen MR) is 160 cm³/mol. The van der Waals surface area contributed by atoms with Gasteiger partial charge in [0.05, 0.1) is 10.0 Å². The van der Waals surface area contributed by atoms with E-state index < -0.39 is 52.0 Å². The molecule has 0 aliphatic carbocycles. The second-order valence-electron chi connectivity index (χ2n) is 11.9. The molecule has 0 bridgehead atoms. The number of carbonyl (C=O) groups excluding carboxylic acids is 2. The van der Waals surface area contributed by atoms with Crippen LogP contribution in [0.15, 0.2) is 18.2 Å². The van der Waals surface area contributed by atoms with E-state index in [1.807, 2.05) is 0 Å². The molecule has 0 N–H and O–H groups in total. The van der Waals surface area contributed by atoms with E-state index in [9.17, 15) is 31.5 Å². The summed E-state index contributed by atoms with van der Waals surface area (Å²) in [5.74, 6) is -12.7. The maximum atomic E-state index is 14.4. The Balaban J connectivity index is 1.51. The summed E-state index contributed by atoms with van der Waals surface area (Å²) in [6, 6.07) is 4.96. The Morgan fingerprint density at radius 1 is 0.841 bits per heavy atom. The minimum atomic E-state index is -2.33. The molecule has 0 aromatic heterocycles. The van der Waals surface area contributed by atoms with Gasteiger partial charge in [0.1, 0.15) is 11.1 Å². The van der Waals surface area contributed by atoms with Crippen molar-refractivity contribution in [2.45, 2.75) is 50.0 Å². The predicted octanol–water partition coefficient (Wildman–Crippen LogP) is 6.34. The molecule has 1 unspecified atom stereocenters. The number of likely N-dealkylation sites (N-methyl/N-ethyl adjacent to an activating group) is 2. The number of nitrogens with zero attached hydrogens (tertiary/aromatic N) is 4. The van der Waals surface area contributed by atoms with Crippen LogP contribution in [-0.4, -0.2) is 97.4 Å². The highest BCUT2D eigenvalue weighted by Gasteiger charge is 2.47. The molecule has 0 spiro atoms.